The summed E-state index contributed by atoms with van der Waals surface area (Å²) in [6.07, 6.45) is -1.35. The third-order valence-electron chi connectivity index (χ3n) is 2.88. The molecule has 20 heavy (non-hydrogen) atoms. The van der Waals surface area contributed by atoms with Crippen LogP contribution in [0.1, 0.15) is 32.4 Å². The second-order valence-electron chi connectivity index (χ2n) is 4.23. The summed E-state index contributed by atoms with van der Waals surface area (Å²) in [5.41, 5.74) is 5.73. The second kappa shape index (κ2) is 5.86. The van der Waals surface area contributed by atoms with Gasteiger partial charge in [-0.15, -0.1) is 0 Å². The van der Waals surface area contributed by atoms with Crippen LogP contribution < -0.4 is 5.73 Å². The van der Waals surface area contributed by atoms with Gasteiger partial charge in [-0.25, -0.2) is 0 Å². The number of primary amides is 1. The van der Waals surface area contributed by atoms with E-state index in [1.807, 2.05) is 0 Å². The summed E-state index contributed by atoms with van der Waals surface area (Å²) < 4.78 is 0. The quantitative estimate of drug-likeness (QED) is 0.848. The van der Waals surface area contributed by atoms with Gasteiger partial charge in [0.1, 0.15) is 6.10 Å². The highest BCUT2D eigenvalue weighted by Gasteiger charge is 2.23. The van der Waals surface area contributed by atoms with Crippen LogP contribution in [0.5, 0.6) is 0 Å². The zero-order valence-electron chi connectivity index (χ0n) is 10.4. The lowest BCUT2D eigenvalue weighted by Crippen LogP contribution is -2.20. The van der Waals surface area contributed by atoms with Crippen LogP contribution in [0.3, 0.4) is 0 Å². The molecule has 4 nitrogen and oxygen atoms in total. The fourth-order valence-electron chi connectivity index (χ4n) is 1.87. The Morgan fingerprint density at radius 3 is 2.30 bits per heavy atom. The highest BCUT2D eigenvalue weighted by molar-refractivity contribution is 6.31. The molecule has 2 rings (SSSR count). The molecule has 2 aromatic rings. The molecule has 2 aromatic carbocycles. The molecule has 0 saturated heterocycles. The van der Waals surface area contributed by atoms with Crippen LogP contribution in [0.15, 0.2) is 48.5 Å². The van der Waals surface area contributed by atoms with E-state index in [2.05, 4.69) is 0 Å². The summed E-state index contributed by atoms with van der Waals surface area (Å²) in [4.78, 5) is 23.6. The average molecular weight is 290 g/mol. The van der Waals surface area contributed by atoms with Gasteiger partial charge in [-0.3, -0.25) is 9.59 Å². The van der Waals surface area contributed by atoms with Crippen molar-refractivity contribution < 1.29 is 14.7 Å². The van der Waals surface area contributed by atoms with Crippen molar-refractivity contribution in [2.24, 2.45) is 5.73 Å². The molecule has 0 heterocycles. The molecule has 102 valence electrons. The molecule has 0 aliphatic rings. The van der Waals surface area contributed by atoms with Crippen molar-refractivity contribution in [3.63, 3.8) is 0 Å². The Hall–Kier alpha value is -2.17. The molecule has 5 heteroatoms. The number of Topliss-reactive ketones (excluding diaryl/α,β-unsaturated/α-hetero) is 1. The van der Waals surface area contributed by atoms with E-state index in [-0.39, 0.29) is 11.1 Å². The van der Waals surface area contributed by atoms with Crippen molar-refractivity contribution in [2.75, 3.05) is 0 Å². The maximum Gasteiger partial charge on any atom is 0.249 e. The Morgan fingerprint density at radius 2 is 1.70 bits per heavy atom. The van der Waals surface area contributed by atoms with E-state index < -0.39 is 17.8 Å². The van der Waals surface area contributed by atoms with Gasteiger partial charge >= 0.3 is 0 Å². The smallest absolute Gasteiger partial charge is 0.249 e. The number of aliphatic hydroxyl groups is 1. The van der Waals surface area contributed by atoms with Crippen LogP contribution in [-0.4, -0.2) is 16.8 Å². The summed E-state index contributed by atoms with van der Waals surface area (Å²) in [6, 6.07) is 12.6. The molecule has 0 radical (unpaired) electrons. The first-order valence-corrected chi connectivity index (χ1v) is 6.25. The van der Waals surface area contributed by atoms with Crippen LogP contribution in [-0.2, 0) is 0 Å². The second-order valence-corrected chi connectivity index (χ2v) is 4.67. The number of aliphatic hydroxyl groups excluding tert-OH is 1. The van der Waals surface area contributed by atoms with Gasteiger partial charge in [0.25, 0.3) is 0 Å². The van der Waals surface area contributed by atoms with Crippen LogP contribution in [0.4, 0.5) is 0 Å². The first-order valence-electron chi connectivity index (χ1n) is 5.87. The Balaban J connectivity index is 2.41. The normalized spacial score (nSPS) is 11.9. The van der Waals surface area contributed by atoms with Gasteiger partial charge in [0.2, 0.25) is 5.91 Å². The summed E-state index contributed by atoms with van der Waals surface area (Å²) in [7, 11) is 0. The number of ketones is 1. The van der Waals surface area contributed by atoms with E-state index in [0.29, 0.717) is 10.6 Å². The highest BCUT2D eigenvalue weighted by Crippen LogP contribution is 2.23. The van der Waals surface area contributed by atoms with Crippen LogP contribution in [0.25, 0.3) is 0 Å². The van der Waals surface area contributed by atoms with Crippen molar-refractivity contribution in [1.82, 2.24) is 0 Å². The minimum atomic E-state index is -1.35. The molecule has 1 atom stereocenters. The van der Waals surface area contributed by atoms with Crippen molar-refractivity contribution in [1.29, 1.82) is 0 Å². The molecule has 1 amide bonds. The maximum absolute atomic E-state index is 12.3. The summed E-state index contributed by atoms with van der Waals surface area (Å²) in [5, 5.41) is 10.4. The lowest BCUT2D eigenvalue weighted by Gasteiger charge is -2.12. The topological polar surface area (TPSA) is 80.4 Å². The number of benzene rings is 2. The number of halogens is 1. The molecule has 0 aliphatic carbocycles. The third-order valence-corrected chi connectivity index (χ3v) is 3.11. The van der Waals surface area contributed by atoms with E-state index in [1.54, 1.807) is 30.3 Å². The Labute approximate surface area is 120 Å². The van der Waals surface area contributed by atoms with Gasteiger partial charge in [-0.1, -0.05) is 41.9 Å². The number of rotatable bonds is 4. The van der Waals surface area contributed by atoms with E-state index >= 15 is 0 Å². The Bertz CT molecular complexity index is 655. The lowest BCUT2D eigenvalue weighted by molar-refractivity contribution is 0.0743. The average Bonchev–Trinajstić information content (AvgIpc) is 2.46. The molecule has 3 N–H and O–H groups in total. The number of hydrogen-bond acceptors (Lipinski definition) is 3. The predicted octanol–water partition coefficient (Wildman–Crippen LogP) is 2.36. The summed E-state index contributed by atoms with van der Waals surface area (Å²) in [5.74, 6) is -1.36. The minimum Gasteiger partial charge on any atom is -0.380 e. The molecule has 0 saturated carbocycles. The van der Waals surface area contributed by atoms with Crippen LogP contribution in [0.2, 0.25) is 5.02 Å². The molecule has 1 unspecified atom stereocenters. The van der Waals surface area contributed by atoms with E-state index in [4.69, 9.17) is 17.3 Å². The van der Waals surface area contributed by atoms with Crippen LogP contribution >= 0.6 is 11.6 Å². The van der Waals surface area contributed by atoms with Gasteiger partial charge in [-0.2, -0.15) is 0 Å². The zero-order valence-corrected chi connectivity index (χ0v) is 11.2. The number of nitrogens with two attached hydrogens (primary N) is 1. The minimum absolute atomic E-state index is 0.00233. The molecule has 0 spiro atoms. The molecule has 0 aromatic heterocycles. The Kier molecular flexibility index (Phi) is 4.17. The number of hydrogen-bond donors (Lipinski definition) is 2. The fourth-order valence-corrected chi connectivity index (χ4v) is 2.04. The van der Waals surface area contributed by atoms with E-state index in [1.165, 1.54) is 18.2 Å². The van der Waals surface area contributed by atoms with Gasteiger partial charge < -0.3 is 10.8 Å². The number of carbonyl (C=O) groups is 2. The molecule has 0 fully saturated rings. The molecule has 0 bridgehead atoms. The monoisotopic (exact) mass is 289 g/mol. The first kappa shape index (κ1) is 14.2. The van der Waals surface area contributed by atoms with E-state index in [0.717, 1.165) is 0 Å². The standard InChI is InChI=1S/C15H12ClNO3/c16-10-6-7-11(12(8-10)15(17)20)14(19)13(18)9-4-2-1-3-5-9/h1-8,13,18H,(H2,17,20). The lowest BCUT2D eigenvalue weighted by atomic mass is 9.96. The van der Waals surface area contributed by atoms with Crippen molar-refractivity contribution in [2.45, 2.75) is 6.10 Å². The van der Waals surface area contributed by atoms with Gasteiger partial charge in [0.05, 0.1) is 5.56 Å². The maximum atomic E-state index is 12.3. The SMILES string of the molecule is NC(=O)c1cc(Cl)ccc1C(=O)C(O)c1ccccc1. The van der Waals surface area contributed by atoms with Crippen molar-refractivity contribution in [3.05, 3.63) is 70.2 Å². The summed E-state index contributed by atoms with van der Waals surface area (Å²) in [6.45, 7) is 0. The molecular formula is C15H12ClNO3. The van der Waals surface area contributed by atoms with Gasteiger partial charge in [-0.05, 0) is 23.8 Å². The third kappa shape index (κ3) is 2.87. The fraction of sp³-hybridized carbons (Fsp3) is 0.0667. The van der Waals surface area contributed by atoms with Gasteiger partial charge in [0, 0.05) is 10.6 Å². The summed E-state index contributed by atoms with van der Waals surface area (Å²) >= 11 is 5.78. The first-order chi connectivity index (χ1) is 9.50. The van der Waals surface area contributed by atoms with E-state index in [9.17, 15) is 14.7 Å². The van der Waals surface area contributed by atoms with Crippen molar-refractivity contribution in [3.8, 4) is 0 Å². The van der Waals surface area contributed by atoms with Crippen LogP contribution in [0, 0.1) is 0 Å². The number of amides is 1. The molecule has 0 aliphatic heterocycles. The predicted molar refractivity (Wildman–Crippen MR) is 75.7 cm³/mol. The highest BCUT2D eigenvalue weighted by atomic mass is 35.5. The molecular weight excluding hydrogens is 278 g/mol. The zero-order chi connectivity index (χ0) is 14.7. The van der Waals surface area contributed by atoms with Gasteiger partial charge in [0.15, 0.2) is 5.78 Å². The number of carbonyl (C=O) groups excluding carboxylic acids is 2. The Morgan fingerprint density at radius 1 is 1.05 bits per heavy atom. The largest absolute Gasteiger partial charge is 0.380 e. The van der Waals surface area contributed by atoms with Crippen molar-refractivity contribution >= 4 is 23.3 Å².